The Morgan fingerprint density at radius 3 is 3.14 bits per heavy atom. The zero-order valence-corrected chi connectivity index (χ0v) is 13.3. The summed E-state index contributed by atoms with van der Waals surface area (Å²) in [5.74, 6) is -0.132. The highest BCUT2D eigenvalue weighted by Crippen LogP contribution is 2.22. The van der Waals surface area contributed by atoms with E-state index in [4.69, 9.17) is 11.6 Å². The molecule has 1 N–H and O–H groups in total. The van der Waals surface area contributed by atoms with Crippen LogP contribution in [0.4, 0.5) is 0 Å². The van der Waals surface area contributed by atoms with Gasteiger partial charge in [0.15, 0.2) is 10.1 Å². The molecule has 0 aliphatic carbocycles. The van der Waals surface area contributed by atoms with Crippen LogP contribution in [0.3, 0.4) is 0 Å². The van der Waals surface area contributed by atoms with Crippen molar-refractivity contribution in [1.82, 2.24) is 14.7 Å². The van der Waals surface area contributed by atoms with Crippen molar-refractivity contribution in [3.63, 3.8) is 0 Å². The van der Waals surface area contributed by atoms with E-state index in [0.29, 0.717) is 11.7 Å². The van der Waals surface area contributed by atoms with Crippen LogP contribution in [0.5, 0.6) is 0 Å². The molecular weight excluding hydrogens is 326 g/mol. The molecule has 4 nitrogen and oxygen atoms in total. The Balaban J connectivity index is 1.59. The molecule has 0 bridgehead atoms. The summed E-state index contributed by atoms with van der Waals surface area (Å²) in [6.45, 7) is 0.623. The van der Waals surface area contributed by atoms with E-state index >= 15 is 0 Å². The Morgan fingerprint density at radius 2 is 2.33 bits per heavy atom. The van der Waals surface area contributed by atoms with Crippen LogP contribution in [0.1, 0.15) is 10.6 Å². The largest absolute Gasteiger partial charge is 0.352 e. The molecule has 21 heavy (non-hydrogen) atoms. The lowest BCUT2D eigenvalue weighted by atomic mass is 10.3. The summed E-state index contributed by atoms with van der Waals surface area (Å²) < 4.78 is 1.86. The number of halogens is 1. The van der Waals surface area contributed by atoms with Crippen molar-refractivity contribution in [3.05, 3.63) is 50.9 Å². The molecule has 3 aromatic heterocycles. The lowest BCUT2D eigenvalue weighted by Crippen LogP contribution is -2.23. The van der Waals surface area contributed by atoms with E-state index in [1.165, 1.54) is 22.3 Å². The fraction of sp³-hybridized carbons (Fsp3) is 0.143. The van der Waals surface area contributed by atoms with Gasteiger partial charge in [-0.05, 0) is 23.9 Å². The van der Waals surface area contributed by atoms with Crippen molar-refractivity contribution < 1.29 is 4.79 Å². The lowest BCUT2D eigenvalue weighted by molar-refractivity contribution is -0.116. The predicted octanol–water partition coefficient (Wildman–Crippen LogP) is 3.48. The lowest BCUT2D eigenvalue weighted by Gasteiger charge is -2.00. The van der Waals surface area contributed by atoms with Crippen molar-refractivity contribution in [2.45, 2.75) is 6.42 Å². The molecular formula is C14H12ClN3OS2. The second kappa shape index (κ2) is 6.43. The van der Waals surface area contributed by atoms with E-state index in [2.05, 4.69) is 16.4 Å². The minimum Gasteiger partial charge on any atom is -0.352 e. The number of amides is 1. The maximum Gasteiger partial charge on any atom is 0.244 e. The van der Waals surface area contributed by atoms with Gasteiger partial charge in [0.25, 0.3) is 0 Å². The van der Waals surface area contributed by atoms with E-state index in [0.717, 1.165) is 17.1 Å². The molecule has 0 aliphatic heterocycles. The highest BCUT2D eigenvalue weighted by molar-refractivity contribution is 7.15. The fourth-order valence-corrected chi connectivity index (χ4v) is 3.62. The van der Waals surface area contributed by atoms with E-state index in [9.17, 15) is 4.79 Å². The summed E-state index contributed by atoms with van der Waals surface area (Å²) in [6, 6.07) is 4.07. The average Bonchev–Trinajstić information content (AvgIpc) is 3.15. The monoisotopic (exact) mass is 337 g/mol. The SMILES string of the molecule is O=C(/C=C/c1c(Cl)nc2sccn12)NCCc1cccs1. The van der Waals surface area contributed by atoms with Crippen LogP contribution in [-0.2, 0) is 11.2 Å². The van der Waals surface area contributed by atoms with Gasteiger partial charge in [-0.2, -0.15) is 0 Å². The topological polar surface area (TPSA) is 46.4 Å². The van der Waals surface area contributed by atoms with Gasteiger partial charge in [-0.25, -0.2) is 4.98 Å². The first kappa shape index (κ1) is 14.3. The summed E-state index contributed by atoms with van der Waals surface area (Å²) in [5, 5.41) is 7.22. The molecule has 0 unspecified atom stereocenters. The summed E-state index contributed by atoms with van der Waals surface area (Å²) in [4.78, 5) is 18.1. The van der Waals surface area contributed by atoms with Crippen LogP contribution >= 0.6 is 34.3 Å². The van der Waals surface area contributed by atoms with Gasteiger partial charge in [-0.3, -0.25) is 9.20 Å². The van der Waals surface area contributed by atoms with Crippen LogP contribution in [0.15, 0.2) is 35.2 Å². The van der Waals surface area contributed by atoms with Gasteiger partial charge in [-0.15, -0.1) is 22.7 Å². The predicted molar refractivity (Wildman–Crippen MR) is 88.1 cm³/mol. The first-order valence-corrected chi connectivity index (χ1v) is 8.47. The minimum atomic E-state index is -0.132. The first-order valence-electron chi connectivity index (χ1n) is 6.33. The number of carbonyl (C=O) groups excluding carboxylic acids is 1. The quantitative estimate of drug-likeness (QED) is 0.724. The number of thiophene rings is 1. The zero-order chi connectivity index (χ0) is 14.7. The standard InChI is InChI=1S/C14H12ClN3OS2/c15-13-11(18-7-9-21-14(18)17-13)3-4-12(19)16-6-5-10-2-1-8-20-10/h1-4,7-9H,5-6H2,(H,16,19)/b4-3+. The van der Waals surface area contributed by atoms with Gasteiger partial charge in [0.2, 0.25) is 5.91 Å². The molecule has 0 radical (unpaired) electrons. The third kappa shape index (κ3) is 3.34. The smallest absolute Gasteiger partial charge is 0.244 e. The van der Waals surface area contributed by atoms with Gasteiger partial charge in [0.05, 0.1) is 5.69 Å². The number of thiazole rings is 1. The fourth-order valence-electron chi connectivity index (χ4n) is 1.90. The third-order valence-electron chi connectivity index (χ3n) is 2.90. The average molecular weight is 338 g/mol. The molecule has 3 heterocycles. The highest BCUT2D eigenvalue weighted by atomic mass is 35.5. The molecule has 0 saturated carbocycles. The second-order valence-corrected chi connectivity index (χ2v) is 6.56. The first-order chi connectivity index (χ1) is 10.2. The van der Waals surface area contributed by atoms with Crippen LogP contribution in [0.2, 0.25) is 5.15 Å². The summed E-state index contributed by atoms with van der Waals surface area (Å²) in [5.41, 5.74) is 0.723. The van der Waals surface area contributed by atoms with Crippen molar-refractivity contribution in [1.29, 1.82) is 0 Å². The molecule has 0 spiro atoms. The number of imidazole rings is 1. The number of fused-ring (bicyclic) bond motifs is 1. The molecule has 0 aliphatic rings. The number of hydrogen-bond acceptors (Lipinski definition) is 4. The van der Waals surface area contributed by atoms with E-state index < -0.39 is 0 Å². The van der Waals surface area contributed by atoms with Crippen molar-refractivity contribution in [2.75, 3.05) is 6.54 Å². The molecule has 3 aromatic rings. The van der Waals surface area contributed by atoms with Crippen LogP contribution in [0.25, 0.3) is 11.0 Å². The third-order valence-corrected chi connectivity index (χ3v) is 4.87. The van der Waals surface area contributed by atoms with Crippen molar-refractivity contribution >= 4 is 51.2 Å². The van der Waals surface area contributed by atoms with Gasteiger partial charge in [-0.1, -0.05) is 17.7 Å². The molecule has 0 atom stereocenters. The molecule has 7 heteroatoms. The van der Waals surface area contributed by atoms with E-state index in [1.54, 1.807) is 17.4 Å². The van der Waals surface area contributed by atoms with Crippen molar-refractivity contribution in [2.24, 2.45) is 0 Å². The Morgan fingerprint density at radius 1 is 1.43 bits per heavy atom. The van der Waals surface area contributed by atoms with Gasteiger partial charge in [0.1, 0.15) is 0 Å². The number of hydrogen-bond donors (Lipinski definition) is 1. The molecule has 108 valence electrons. The maximum atomic E-state index is 11.8. The van der Waals surface area contributed by atoms with E-state index in [1.807, 2.05) is 27.4 Å². The van der Waals surface area contributed by atoms with Crippen molar-refractivity contribution in [3.8, 4) is 0 Å². The zero-order valence-electron chi connectivity index (χ0n) is 11.0. The molecule has 0 aromatic carbocycles. The molecule has 3 rings (SSSR count). The van der Waals surface area contributed by atoms with Crippen LogP contribution < -0.4 is 5.32 Å². The summed E-state index contributed by atoms with van der Waals surface area (Å²) >= 11 is 9.25. The number of rotatable bonds is 5. The maximum absolute atomic E-state index is 11.8. The number of carbonyl (C=O) groups is 1. The second-order valence-electron chi connectivity index (χ2n) is 4.30. The van der Waals surface area contributed by atoms with Gasteiger partial charge >= 0.3 is 0 Å². The van der Waals surface area contributed by atoms with Gasteiger partial charge in [0, 0.05) is 29.1 Å². The molecule has 1 amide bonds. The number of nitrogens with zero attached hydrogens (tertiary/aromatic N) is 2. The Labute approximate surface area is 134 Å². The summed E-state index contributed by atoms with van der Waals surface area (Å²) in [6.07, 6.45) is 5.91. The number of nitrogens with one attached hydrogen (secondary N) is 1. The van der Waals surface area contributed by atoms with Crippen LogP contribution in [0, 0.1) is 0 Å². The highest BCUT2D eigenvalue weighted by Gasteiger charge is 2.08. The van der Waals surface area contributed by atoms with Gasteiger partial charge < -0.3 is 5.32 Å². The molecule has 0 saturated heterocycles. The molecule has 0 fully saturated rings. The Hall–Kier alpha value is -1.63. The minimum absolute atomic E-state index is 0.132. The normalized spacial score (nSPS) is 11.5. The Bertz CT molecular complexity index is 773. The van der Waals surface area contributed by atoms with E-state index in [-0.39, 0.29) is 5.91 Å². The van der Waals surface area contributed by atoms with Crippen LogP contribution in [-0.4, -0.2) is 21.8 Å². The number of aromatic nitrogens is 2. The Kier molecular flexibility index (Phi) is 4.38. The summed E-state index contributed by atoms with van der Waals surface area (Å²) in [7, 11) is 0.